The molecule has 0 aromatic heterocycles. The Morgan fingerprint density at radius 2 is 1.57 bits per heavy atom. The lowest BCUT2D eigenvalue weighted by Gasteiger charge is -2.55. The Labute approximate surface area is 140 Å². The SMILES string of the molecule is CCCNC(=O)C(NC(=O)C12CC3CC(CC(C3)C1)C2)C(C)C. The van der Waals surface area contributed by atoms with Gasteiger partial charge in [-0.25, -0.2) is 0 Å². The lowest BCUT2D eigenvalue weighted by Crippen LogP contribution is -2.58. The largest absolute Gasteiger partial charge is 0.354 e. The van der Waals surface area contributed by atoms with Gasteiger partial charge in [0.15, 0.2) is 0 Å². The zero-order valence-electron chi connectivity index (χ0n) is 14.9. The van der Waals surface area contributed by atoms with E-state index in [4.69, 9.17) is 0 Å². The molecule has 4 rings (SSSR count). The first-order chi connectivity index (χ1) is 10.9. The third kappa shape index (κ3) is 3.27. The number of hydrogen-bond acceptors (Lipinski definition) is 2. The molecule has 4 nitrogen and oxygen atoms in total. The quantitative estimate of drug-likeness (QED) is 0.790. The van der Waals surface area contributed by atoms with Gasteiger partial charge >= 0.3 is 0 Å². The third-order valence-electron chi connectivity index (χ3n) is 6.30. The van der Waals surface area contributed by atoms with Crippen molar-refractivity contribution in [1.82, 2.24) is 10.6 Å². The fourth-order valence-corrected chi connectivity index (χ4v) is 5.58. The number of rotatable bonds is 6. The van der Waals surface area contributed by atoms with E-state index in [-0.39, 0.29) is 23.1 Å². The maximum Gasteiger partial charge on any atom is 0.242 e. The third-order valence-corrected chi connectivity index (χ3v) is 6.30. The van der Waals surface area contributed by atoms with Crippen LogP contribution in [0.3, 0.4) is 0 Å². The van der Waals surface area contributed by atoms with Crippen LogP contribution in [-0.2, 0) is 9.59 Å². The summed E-state index contributed by atoms with van der Waals surface area (Å²) in [6, 6.07) is -0.401. The number of carbonyl (C=O) groups excluding carboxylic acids is 2. The Balaban J connectivity index is 1.68. The minimum absolute atomic E-state index is 0.0278. The molecule has 23 heavy (non-hydrogen) atoms. The van der Waals surface area contributed by atoms with Crippen molar-refractivity contribution in [1.29, 1.82) is 0 Å². The van der Waals surface area contributed by atoms with Crippen LogP contribution in [0.15, 0.2) is 0 Å². The Morgan fingerprint density at radius 3 is 2.00 bits per heavy atom. The van der Waals surface area contributed by atoms with E-state index in [2.05, 4.69) is 10.6 Å². The summed E-state index contributed by atoms with van der Waals surface area (Å²) in [6.45, 7) is 6.74. The minimum Gasteiger partial charge on any atom is -0.354 e. The zero-order valence-corrected chi connectivity index (χ0v) is 14.9. The van der Waals surface area contributed by atoms with Crippen molar-refractivity contribution in [2.75, 3.05) is 6.54 Å². The first-order valence-electron chi connectivity index (χ1n) is 9.52. The number of nitrogens with one attached hydrogen (secondary N) is 2. The van der Waals surface area contributed by atoms with E-state index in [1.807, 2.05) is 20.8 Å². The number of carbonyl (C=O) groups is 2. The molecule has 4 fully saturated rings. The lowest BCUT2D eigenvalue weighted by atomic mass is 9.49. The molecule has 0 radical (unpaired) electrons. The van der Waals surface area contributed by atoms with Gasteiger partial charge in [-0.2, -0.15) is 0 Å². The fraction of sp³-hybridized carbons (Fsp3) is 0.895. The van der Waals surface area contributed by atoms with Gasteiger partial charge in [0.1, 0.15) is 6.04 Å². The monoisotopic (exact) mass is 320 g/mol. The molecule has 0 spiro atoms. The van der Waals surface area contributed by atoms with E-state index >= 15 is 0 Å². The van der Waals surface area contributed by atoms with Crippen LogP contribution in [0.5, 0.6) is 0 Å². The Hall–Kier alpha value is -1.06. The Bertz CT molecular complexity index is 437. The lowest BCUT2D eigenvalue weighted by molar-refractivity contribution is -0.149. The first-order valence-corrected chi connectivity index (χ1v) is 9.52. The molecule has 0 aromatic carbocycles. The molecule has 4 aliphatic rings. The van der Waals surface area contributed by atoms with Crippen molar-refractivity contribution in [2.45, 2.75) is 71.8 Å². The second kappa shape index (κ2) is 6.45. The van der Waals surface area contributed by atoms with E-state index in [0.717, 1.165) is 43.4 Å². The molecular weight excluding hydrogens is 288 g/mol. The smallest absolute Gasteiger partial charge is 0.242 e. The highest BCUT2D eigenvalue weighted by atomic mass is 16.2. The maximum atomic E-state index is 13.1. The van der Waals surface area contributed by atoms with Gasteiger partial charge in [-0.15, -0.1) is 0 Å². The van der Waals surface area contributed by atoms with E-state index < -0.39 is 6.04 Å². The molecule has 2 amide bonds. The highest BCUT2D eigenvalue weighted by molar-refractivity contribution is 5.90. The van der Waals surface area contributed by atoms with E-state index in [1.165, 1.54) is 19.3 Å². The van der Waals surface area contributed by atoms with Crippen molar-refractivity contribution in [3.8, 4) is 0 Å². The van der Waals surface area contributed by atoms with E-state index in [9.17, 15) is 9.59 Å². The first kappa shape index (κ1) is 16.8. The van der Waals surface area contributed by atoms with Crippen LogP contribution in [-0.4, -0.2) is 24.4 Å². The van der Waals surface area contributed by atoms with Crippen LogP contribution in [0.2, 0.25) is 0 Å². The molecule has 2 N–H and O–H groups in total. The molecule has 1 atom stereocenters. The molecule has 1 unspecified atom stereocenters. The van der Waals surface area contributed by atoms with Gasteiger partial charge in [0.05, 0.1) is 0 Å². The van der Waals surface area contributed by atoms with Crippen LogP contribution in [0, 0.1) is 29.1 Å². The summed E-state index contributed by atoms with van der Waals surface area (Å²) < 4.78 is 0. The van der Waals surface area contributed by atoms with Gasteiger partial charge in [-0.1, -0.05) is 20.8 Å². The van der Waals surface area contributed by atoms with E-state index in [0.29, 0.717) is 6.54 Å². The summed E-state index contributed by atoms with van der Waals surface area (Å²) >= 11 is 0. The highest BCUT2D eigenvalue weighted by Crippen LogP contribution is 2.60. The summed E-state index contributed by atoms with van der Waals surface area (Å²) in [4.78, 5) is 25.5. The normalized spacial score (nSPS) is 36.1. The summed E-state index contributed by atoms with van der Waals surface area (Å²) in [7, 11) is 0. The van der Waals surface area contributed by atoms with Crippen molar-refractivity contribution < 1.29 is 9.59 Å². The predicted octanol–water partition coefficient (Wildman–Crippen LogP) is 2.87. The standard InChI is InChI=1S/C19H32N2O2/c1-4-5-20-17(22)16(12(2)3)21-18(23)19-9-13-6-14(10-19)8-15(7-13)11-19/h12-16H,4-11H2,1-3H3,(H,20,22)(H,21,23). The Kier molecular flexibility index (Phi) is 4.70. The number of hydrogen-bond donors (Lipinski definition) is 2. The van der Waals surface area contributed by atoms with Crippen molar-refractivity contribution >= 4 is 11.8 Å². The summed E-state index contributed by atoms with van der Waals surface area (Å²) in [5, 5.41) is 6.07. The van der Waals surface area contributed by atoms with Gasteiger partial charge in [0, 0.05) is 12.0 Å². The molecule has 4 saturated carbocycles. The van der Waals surface area contributed by atoms with Crippen LogP contribution in [0.25, 0.3) is 0 Å². The molecular formula is C19H32N2O2. The summed E-state index contributed by atoms with van der Waals surface area (Å²) in [6.07, 6.45) is 8.05. The maximum absolute atomic E-state index is 13.1. The molecule has 0 saturated heterocycles. The fourth-order valence-electron chi connectivity index (χ4n) is 5.58. The highest BCUT2D eigenvalue weighted by Gasteiger charge is 2.55. The van der Waals surface area contributed by atoms with Crippen molar-refractivity contribution in [2.24, 2.45) is 29.1 Å². The second-order valence-corrected chi connectivity index (χ2v) is 8.68. The average molecular weight is 320 g/mol. The number of amides is 2. The van der Waals surface area contributed by atoms with Gasteiger partial charge in [-0.3, -0.25) is 9.59 Å². The minimum atomic E-state index is -0.401. The molecule has 0 aliphatic heterocycles. The van der Waals surface area contributed by atoms with Crippen LogP contribution in [0.1, 0.15) is 65.7 Å². The molecule has 0 aromatic rings. The van der Waals surface area contributed by atoms with Crippen molar-refractivity contribution in [3.63, 3.8) is 0 Å². The van der Waals surface area contributed by atoms with Gasteiger partial charge in [0.2, 0.25) is 11.8 Å². The molecule has 4 bridgehead atoms. The average Bonchev–Trinajstić information content (AvgIpc) is 2.48. The molecule has 4 heteroatoms. The second-order valence-electron chi connectivity index (χ2n) is 8.68. The molecule has 130 valence electrons. The molecule has 0 heterocycles. The Morgan fingerprint density at radius 1 is 1.04 bits per heavy atom. The van der Waals surface area contributed by atoms with Crippen molar-refractivity contribution in [3.05, 3.63) is 0 Å². The van der Waals surface area contributed by atoms with E-state index in [1.54, 1.807) is 0 Å². The zero-order chi connectivity index (χ0) is 16.6. The topological polar surface area (TPSA) is 58.2 Å². The van der Waals surface area contributed by atoms with Crippen LogP contribution < -0.4 is 10.6 Å². The predicted molar refractivity (Wildman–Crippen MR) is 90.7 cm³/mol. The summed E-state index contributed by atoms with van der Waals surface area (Å²) in [5.74, 6) is 2.49. The molecule has 4 aliphatic carbocycles. The van der Waals surface area contributed by atoms with Crippen LogP contribution in [0.4, 0.5) is 0 Å². The van der Waals surface area contributed by atoms with Gasteiger partial charge in [-0.05, 0) is 68.6 Å². The van der Waals surface area contributed by atoms with Gasteiger partial charge < -0.3 is 10.6 Å². The van der Waals surface area contributed by atoms with Crippen LogP contribution >= 0.6 is 0 Å². The summed E-state index contributed by atoms with van der Waals surface area (Å²) in [5.41, 5.74) is -0.174. The van der Waals surface area contributed by atoms with Gasteiger partial charge in [0.25, 0.3) is 0 Å².